The SMILES string of the molecule is CN(C)C1CCN(C(=O)c2cccc(-c3nccc(-c4c(N5CCOCC5)sc5c4CC(C)(C)NC5=O)n3)c2)CC1. The first-order valence-electron chi connectivity index (χ1n) is 14.4. The van der Waals surface area contributed by atoms with Crippen LogP contribution in [0.4, 0.5) is 5.00 Å². The first-order valence-corrected chi connectivity index (χ1v) is 15.2. The largest absolute Gasteiger partial charge is 0.378 e. The van der Waals surface area contributed by atoms with Crippen molar-refractivity contribution < 1.29 is 14.3 Å². The average Bonchev–Trinajstić information content (AvgIpc) is 3.36. The molecule has 41 heavy (non-hydrogen) atoms. The predicted molar refractivity (Wildman–Crippen MR) is 162 cm³/mol. The second kappa shape index (κ2) is 11.2. The summed E-state index contributed by atoms with van der Waals surface area (Å²) in [5.41, 5.74) is 3.95. The minimum Gasteiger partial charge on any atom is -0.378 e. The number of nitrogens with zero attached hydrogens (tertiary/aromatic N) is 5. The topological polar surface area (TPSA) is 90.9 Å². The molecule has 0 bridgehead atoms. The highest BCUT2D eigenvalue weighted by molar-refractivity contribution is 7.19. The second-order valence-corrected chi connectivity index (χ2v) is 13.0. The first-order chi connectivity index (χ1) is 19.7. The Labute approximate surface area is 245 Å². The number of likely N-dealkylation sites (tertiary alicyclic amines) is 1. The molecule has 0 spiro atoms. The number of morpholine rings is 1. The lowest BCUT2D eigenvalue weighted by Gasteiger charge is -2.35. The van der Waals surface area contributed by atoms with Gasteiger partial charge in [-0.15, -0.1) is 11.3 Å². The van der Waals surface area contributed by atoms with Crippen LogP contribution in [0.15, 0.2) is 36.5 Å². The monoisotopic (exact) mass is 574 g/mol. The Morgan fingerprint density at radius 3 is 2.61 bits per heavy atom. The zero-order chi connectivity index (χ0) is 28.7. The van der Waals surface area contributed by atoms with Crippen molar-refractivity contribution in [2.24, 2.45) is 0 Å². The van der Waals surface area contributed by atoms with Crippen molar-refractivity contribution in [2.45, 2.75) is 44.7 Å². The first kappa shape index (κ1) is 27.8. The van der Waals surface area contributed by atoms with Crippen LogP contribution >= 0.6 is 11.3 Å². The number of rotatable bonds is 5. The van der Waals surface area contributed by atoms with Gasteiger partial charge in [0.2, 0.25) is 0 Å². The van der Waals surface area contributed by atoms with Crippen LogP contribution in [0.2, 0.25) is 0 Å². The summed E-state index contributed by atoms with van der Waals surface area (Å²) in [4.78, 5) is 43.5. The van der Waals surface area contributed by atoms with Gasteiger partial charge in [0.05, 0.1) is 23.8 Å². The van der Waals surface area contributed by atoms with Gasteiger partial charge in [-0.3, -0.25) is 9.59 Å². The highest BCUT2D eigenvalue weighted by atomic mass is 32.1. The van der Waals surface area contributed by atoms with Gasteiger partial charge in [0.25, 0.3) is 11.8 Å². The Balaban J connectivity index is 1.34. The predicted octanol–water partition coefficient (Wildman–Crippen LogP) is 3.94. The molecule has 9 nitrogen and oxygen atoms in total. The number of amides is 2. The fourth-order valence-electron chi connectivity index (χ4n) is 6.10. The van der Waals surface area contributed by atoms with Crippen molar-refractivity contribution in [3.05, 3.63) is 52.5 Å². The molecular weight excluding hydrogens is 536 g/mol. The number of carbonyl (C=O) groups excluding carboxylic acids is 2. The number of anilines is 1. The molecule has 2 amide bonds. The zero-order valence-electron chi connectivity index (χ0n) is 24.3. The Bertz CT molecular complexity index is 1450. The average molecular weight is 575 g/mol. The number of hydrogen-bond acceptors (Lipinski definition) is 8. The maximum absolute atomic E-state index is 13.4. The van der Waals surface area contributed by atoms with E-state index >= 15 is 0 Å². The van der Waals surface area contributed by atoms with Crippen LogP contribution in [0.5, 0.6) is 0 Å². The van der Waals surface area contributed by atoms with Gasteiger partial charge in [0.15, 0.2) is 5.82 Å². The van der Waals surface area contributed by atoms with Crippen LogP contribution in [0.1, 0.15) is 52.3 Å². The van der Waals surface area contributed by atoms with Crippen LogP contribution in [0, 0.1) is 0 Å². The number of benzene rings is 1. The maximum atomic E-state index is 13.4. The number of nitrogens with one attached hydrogen (secondary N) is 1. The molecule has 0 aliphatic carbocycles. The molecule has 0 unspecified atom stereocenters. The smallest absolute Gasteiger partial charge is 0.262 e. The van der Waals surface area contributed by atoms with Crippen LogP contribution in [-0.4, -0.2) is 96.7 Å². The number of thiophene rings is 1. The number of piperidine rings is 1. The summed E-state index contributed by atoms with van der Waals surface area (Å²) >= 11 is 1.54. The van der Waals surface area contributed by atoms with Gasteiger partial charge in [-0.2, -0.15) is 0 Å². The maximum Gasteiger partial charge on any atom is 0.262 e. The van der Waals surface area contributed by atoms with E-state index in [-0.39, 0.29) is 17.4 Å². The van der Waals surface area contributed by atoms with E-state index in [0.717, 1.165) is 77.7 Å². The zero-order valence-corrected chi connectivity index (χ0v) is 25.1. The molecule has 6 rings (SSSR count). The summed E-state index contributed by atoms with van der Waals surface area (Å²) in [6, 6.07) is 10.1. The van der Waals surface area contributed by atoms with E-state index in [1.807, 2.05) is 35.2 Å². The molecule has 10 heteroatoms. The number of fused-ring (bicyclic) bond motifs is 1. The summed E-state index contributed by atoms with van der Waals surface area (Å²) in [5, 5.41) is 4.21. The van der Waals surface area contributed by atoms with Gasteiger partial charge in [-0.1, -0.05) is 12.1 Å². The molecule has 216 valence electrons. The van der Waals surface area contributed by atoms with Crippen LogP contribution in [0.25, 0.3) is 22.6 Å². The van der Waals surface area contributed by atoms with Crippen molar-refractivity contribution in [3.63, 3.8) is 0 Å². The van der Waals surface area contributed by atoms with Gasteiger partial charge in [-0.25, -0.2) is 9.97 Å². The van der Waals surface area contributed by atoms with Crippen LogP contribution in [0.3, 0.4) is 0 Å². The Kier molecular flexibility index (Phi) is 7.56. The van der Waals surface area contributed by atoms with Crippen molar-refractivity contribution in [1.82, 2.24) is 25.1 Å². The lowest BCUT2D eigenvalue weighted by molar-refractivity contribution is 0.0663. The summed E-state index contributed by atoms with van der Waals surface area (Å²) < 4.78 is 5.61. The highest BCUT2D eigenvalue weighted by Gasteiger charge is 2.37. The summed E-state index contributed by atoms with van der Waals surface area (Å²) in [5.74, 6) is 0.586. The van der Waals surface area contributed by atoms with E-state index < -0.39 is 0 Å². The van der Waals surface area contributed by atoms with E-state index in [9.17, 15) is 9.59 Å². The van der Waals surface area contributed by atoms with Crippen molar-refractivity contribution >= 4 is 28.2 Å². The van der Waals surface area contributed by atoms with E-state index in [1.54, 1.807) is 17.5 Å². The number of ether oxygens (including phenoxy) is 1. The number of hydrogen-bond donors (Lipinski definition) is 1. The van der Waals surface area contributed by atoms with Gasteiger partial charge in [-0.05, 0) is 71.0 Å². The van der Waals surface area contributed by atoms with Crippen LogP contribution in [-0.2, 0) is 11.2 Å². The molecule has 1 aromatic carbocycles. The lowest BCUT2D eigenvalue weighted by Crippen LogP contribution is -2.48. The van der Waals surface area contributed by atoms with Gasteiger partial charge < -0.3 is 24.8 Å². The van der Waals surface area contributed by atoms with Crippen molar-refractivity contribution in [1.29, 1.82) is 0 Å². The van der Waals surface area contributed by atoms with Crippen molar-refractivity contribution in [3.8, 4) is 22.6 Å². The standard InChI is InChI=1S/C31H38N6O3S/c1-31(2)19-23-25(30(37-14-16-40-17-15-37)41-26(23)28(38)34-31)24-8-11-32-27(33-24)20-6-5-7-21(18-20)29(39)36-12-9-22(10-13-36)35(3)4/h5-8,11,18,22H,9-10,12-17,19H2,1-4H3,(H,34,38). The highest BCUT2D eigenvalue weighted by Crippen LogP contribution is 2.46. The fourth-order valence-corrected chi connectivity index (χ4v) is 7.38. The minimum atomic E-state index is -0.353. The normalized spacial score (nSPS) is 19.3. The van der Waals surface area contributed by atoms with E-state index in [0.29, 0.717) is 30.6 Å². The van der Waals surface area contributed by atoms with E-state index in [4.69, 9.17) is 9.72 Å². The number of aromatic nitrogens is 2. The summed E-state index contributed by atoms with van der Waals surface area (Å²) in [7, 11) is 4.20. The Morgan fingerprint density at radius 2 is 1.88 bits per heavy atom. The minimum absolute atomic E-state index is 0.0304. The van der Waals surface area contributed by atoms with Crippen molar-refractivity contribution in [2.75, 3.05) is 58.4 Å². The van der Waals surface area contributed by atoms with Gasteiger partial charge in [0, 0.05) is 60.6 Å². The molecular formula is C31H38N6O3S. The third-order valence-corrected chi connectivity index (χ3v) is 9.62. The van der Waals surface area contributed by atoms with Crippen LogP contribution < -0.4 is 10.2 Å². The molecule has 2 fully saturated rings. The van der Waals surface area contributed by atoms with Gasteiger partial charge >= 0.3 is 0 Å². The fraction of sp³-hybridized carbons (Fsp3) is 0.484. The molecule has 0 saturated carbocycles. The molecule has 0 radical (unpaired) electrons. The lowest BCUT2D eigenvalue weighted by atomic mass is 9.88. The molecule has 1 N–H and O–H groups in total. The van der Waals surface area contributed by atoms with Gasteiger partial charge in [0.1, 0.15) is 5.00 Å². The Morgan fingerprint density at radius 1 is 1.12 bits per heavy atom. The molecule has 3 aromatic rings. The molecule has 2 aromatic heterocycles. The quantitative estimate of drug-likeness (QED) is 0.494. The molecule has 0 atom stereocenters. The number of carbonyl (C=O) groups is 2. The third kappa shape index (κ3) is 5.60. The molecule has 3 aliphatic rings. The summed E-state index contributed by atoms with van der Waals surface area (Å²) in [6.45, 7) is 8.48. The Hall–Kier alpha value is -3.34. The van der Waals surface area contributed by atoms with E-state index in [2.05, 4.69) is 48.0 Å². The molecule has 5 heterocycles. The summed E-state index contributed by atoms with van der Waals surface area (Å²) in [6.07, 6.45) is 4.46. The molecule has 3 aliphatic heterocycles. The molecule has 2 saturated heterocycles. The third-order valence-electron chi connectivity index (χ3n) is 8.33. The van der Waals surface area contributed by atoms with E-state index in [1.165, 1.54) is 0 Å². The second-order valence-electron chi connectivity index (χ2n) is 12.0.